The number of carbonyl (C=O) groups is 3. The number of rotatable bonds is 10. The number of amides is 1. The van der Waals surface area contributed by atoms with E-state index in [4.69, 9.17) is 40.6 Å². The van der Waals surface area contributed by atoms with Crippen LogP contribution in [0.25, 0.3) is 10.9 Å². The van der Waals surface area contributed by atoms with Gasteiger partial charge in [-0.2, -0.15) is 19.6 Å². The summed E-state index contributed by atoms with van der Waals surface area (Å²) in [6.45, 7) is 8.64. The molecule has 6 aliphatic rings. The van der Waals surface area contributed by atoms with Crippen molar-refractivity contribution in [2.45, 2.75) is 141 Å². The number of nitrogens with one attached hydrogen (secondary N) is 2. The van der Waals surface area contributed by atoms with E-state index in [0.717, 1.165) is 87.2 Å². The summed E-state index contributed by atoms with van der Waals surface area (Å²) in [5, 5.41) is 8.13. The molecule has 1 aliphatic heterocycles. The number of nitrogens with zero attached hydrogens (tertiary/aromatic N) is 1. The molecule has 1 aromatic heterocycles. The van der Waals surface area contributed by atoms with E-state index < -0.39 is 11.6 Å². The molecule has 13 heteroatoms. The fraction of sp³-hybridized carbons (Fsp3) is 0.727. The predicted octanol–water partition coefficient (Wildman–Crippen LogP) is 8.45. The second kappa shape index (κ2) is 16.6. The second-order valence-electron chi connectivity index (χ2n) is 18.3. The Bertz CT molecular complexity index is 1800. The molecule has 57 heavy (non-hydrogen) atoms. The van der Waals surface area contributed by atoms with Crippen molar-refractivity contribution >= 4 is 46.0 Å². The fourth-order valence-corrected chi connectivity index (χ4v) is 12.7. The highest BCUT2D eigenvalue weighted by Gasteiger charge is 2.66. The molecule has 5 aliphatic carbocycles. The van der Waals surface area contributed by atoms with Crippen LogP contribution in [0.1, 0.15) is 118 Å². The minimum absolute atomic E-state index is 0.0221. The van der Waals surface area contributed by atoms with Gasteiger partial charge in [-0.3, -0.25) is 19.4 Å². The van der Waals surface area contributed by atoms with E-state index in [0.29, 0.717) is 43.3 Å². The van der Waals surface area contributed by atoms with Gasteiger partial charge < -0.3 is 20.1 Å². The van der Waals surface area contributed by atoms with Crippen LogP contribution >= 0.6 is 11.6 Å². The van der Waals surface area contributed by atoms with Crippen LogP contribution in [0.5, 0.6) is 0 Å². The van der Waals surface area contributed by atoms with Crippen LogP contribution in [0.15, 0.2) is 30.5 Å². The molecule has 8 rings (SSSR count). The van der Waals surface area contributed by atoms with Crippen molar-refractivity contribution in [3.8, 4) is 0 Å². The van der Waals surface area contributed by atoms with Crippen molar-refractivity contribution in [2.75, 3.05) is 18.4 Å². The minimum Gasteiger partial charge on any atom is -0.462 e. The van der Waals surface area contributed by atoms with Gasteiger partial charge in [0.15, 0.2) is 0 Å². The van der Waals surface area contributed by atoms with Crippen molar-refractivity contribution in [1.29, 1.82) is 0 Å². The van der Waals surface area contributed by atoms with Crippen LogP contribution in [0.3, 0.4) is 0 Å². The molecule has 2 spiro atoms. The van der Waals surface area contributed by atoms with Gasteiger partial charge >= 0.3 is 11.9 Å². The zero-order chi connectivity index (χ0) is 40.0. The van der Waals surface area contributed by atoms with Crippen LogP contribution in [0.2, 0.25) is 5.02 Å². The Kier molecular flexibility index (Phi) is 11.8. The lowest BCUT2D eigenvalue weighted by Gasteiger charge is -2.61. The average Bonchev–Trinajstić information content (AvgIpc) is 3.55. The number of halogens is 1. The van der Waals surface area contributed by atoms with Crippen molar-refractivity contribution in [1.82, 2.24) is 10.3 Å². The lowest BCUT2D eigenvalue weighted by atomic mass is 9.47. The van der Waals surface area contributed by atoms with Gasteiger partial charge in [-0.15, -0.1) is 0 Å². The fourth-order valence-electron chi connectivity index (χ4n) is 12.5. The third-order valence-electron chi connectivity index (χ3n) is 15.0. The number of esters is 2. The molecule has 1 aromatic carbocycles. The number of ether oxygens (including phenoxy) is 2. The summed E-state index contributed by atoms with van der Waals surface area (Å²) in [6.07, 6.45) is 12.5. The molecule has 0 radical (unpaired) electrons. The number of hydrogen-bond donors (Lipinski definition) is 2. The molecule has 1 amide bonds. The monoisotopic (exact) mass is 809 g/mol. The third kappa shape index (κ3) is 8.15. The summed E-state index contributed by atoms with van der Waals surface area (Å²) >= 11 is 6.15. The van der Waals surface area contributed by atoms with Crippen LogP contribution in [-0.4, -0.2) is 59.7 Å². The van der Waals surface area contributed by atoms with E-state index in [2.05, 4.69) is 29.5 Å². The number of benzene rings is 1. The molecule has 5 saturated carbocycles. The molecule has 12 nitrogen and oxygen atoms in total. The highest BCUT2D eigenvalue weighted by Crippen LogP contribution is 2.67. The van der Waals surface area contributed by atoms with Gasteiger partial charge in [0, 0.05) is 92.7 Å². The Hall–Kier alpha value is -3.03. The molecule has 10 atom stereocenters. The molecule has 0 bridgehead atoms. The highest BCUT2D eigenvalue weighted by molar-refractivity contribution is 6.31. The predicted molar refractivity (Wildman–Crippen MR) is 212 cm³/mol. The maximum atomic E-state index is 13.1. The van der Waals surface area contributed by atoms with E-state index >= 15 is 0 Å². The molecule has 4 unspecified atom stereocenters. The van der Waals surface area contributed by atoms with Gasteiger partial charge in [-0.1, -0.05) is 31.9 Å². The summed E-state index contributed by atoms with van der Waals surface area (Å²) in [4.78, 5) is 67.4. The van der Waals surface area contributed by atoms with Crippen LogP contribution in [-0.2, 0) is 43.4 Å². The molecule has 1 saturated heterocycles. The maximum absolute atomic E-state index is 13.1. The normalized spacial score (nSPS) is 34.4. The lowest BCUT2D eigenvalue weighted by molar-refractivity contribution is -0.664. The largest absolute Gasteiger partial charge is 0.462 e. The topological polar surface area (TPSA) is 144 Å². The quantitative estimate of drug-likeness (QED) is 0.136. The standard InChI is InChI=1S/C44H60ClN3O9/c1-26(8-13-40(51)48-21-20-47-36-15-19-46-37-23-30(45)9-10-32(36)37)34-11-12-35-41-33(24-39(42(34,35)4)53-28(3)50)31-14-18-44(25-29(31)22-38(41)52-27(2)49)56-54-43(55-57-44)16-6-5-7-17-43/h9-10,15,19,23,26,29,31,33-35,38-39,41H,5-8,11-14,16-18,20-22,24-25H2,1-4H3,(H,46,47)(H,48,51)/t26?,29-,31+,33?,34-,35?,38-,39+,41?,42-/m1/s1. The Morgan fingerprint density at radius 1 is 0.912 bits per heavy atom. The number of fused-ring (bicyclic) bond motifs is 6. The summed E-state index contributed by atoms with van der Waals surface area (Å²) in [6, 6.07) is 7.56. The second-order valence-corrected chi connectivity index (χ2v) is 18.7. The molecule has 2 heterocycles. The maximum Gasteiger partial charge on any atom is 0.302 e. The van der Waals surface area contributed by atoms with Gasteiger partial charge in [0.25, 0.3) is 0 Å². The van der Waals surface area contributed by atoms with Crippen molar-refractivity contribution < 1.29 is 43.4 Å². The highest BCUT2D eigenvalue weighted by atomic mass is 35.5. The first-order valence-corrected chi connectivity index (χ1v) is 21.9. The van der Waals surface area contributed by atoms with Gasteiger partial charge in [-0.05, 0) is 111 Å². The molecular weight excluding hydrogens is 750 g/mol. The van der Waals surface area contributed by atoms with Gasteiger partial charge in [-0.25, -0.2) is 0 Å². The smallest absolute Gasteiger partial charge is 0.302 e. The van der Waals surface area contributed by atoms with E-state index in [1.54, 1.807) is 6.20 Å². The van der Waals surface area contributed by atoms with Crippen LogP contribution in [0, 0.1) is 46.8 Å². The summed E-state index contributed by atoms with van der Waals surface area (Å²) in [5.41, 5.74) is 1.44. The van der Waals surface area contributed by atoms with E-state index in [9.17, 15) is 14.4 Å². The summed E-state index contributed by atoms with van der Waals surface area (Å²) < 4.78 is 12.6. The third-order valence-corrected chi connectivity index (χ3v) is 15.2. The van der Waals surface area contributed by atoms with Gasteiger partial charge in [0.1, 0.15) is 12.2 Å². The van der Waals surface area contributed by atoms with E-state index in [1.165, 1.54) is 13.8 Å². The average molecular weight is 810 g/mol. The van der Waals surface area contributed by atoms with E-state index in [1.807, 2.05) is 24.3 Å². The number of anilines is 1. The molecule has 6 fully saturated rings. The molecule has 2 aromatic rings. The SMILES string of the molecule is CC(=O)O[C@H]1CC2C(C3CC[C@H](C(C)CCC(=O)NCCNc4ccnc5cc(Cl)ccc45)[C@]31C)[C@H](OC(C)=O)C[C@@H]1CC3(CC[C@H]21)OOC1(CCCCC1)OO3. The van der Waals surface area contributed by atoms with Crippen molar-refractivity contribution in [2.24, 2.45) is 46.8 Å². The first kappa shape index (κ1) is 40.7. The van der Waals surface area contributed by atoms with Crippen LogP contribution in [0.4, 0.5) is 5.69 Å². The zero-order valence-electron chi connectivity index (χ0n) is 33.9. The zero-order valence-corrected chi connectivity index (χ0v) is 34.7. The van der Waals surface area contributed by atoms with E-state index in [-0.39, 0.29) is 71.0 Å². The number of pyridine rings is 1. The van der Waals surface area contributed by atoms with Gasteiger partial charge in [0.05, 0.1) is 5.52 Å². The van der Waals surface area contributed by atoms with Crippen molar-refractivity contribution in [3.63, 3.8) is 0 Å². The number of hydrogen-bond acceptors (Lipinski definition) is 11. The Morgan fingerprint density at radius 3 is 2.42 bits per heavy atom. The number of aromatic nitrogens is 1. The first-order chi connectivity index (χ1) is 27.4. The molecule has 312 valence electrons. The lowest BCUT2D eigenvalue weighted by Crippen LogP contribution is -2.62. The minimum atomic E-state index is -0.990. The molecule has 2 N–H and O–H groups in total. The summed E-state index contributed by atoms with van der Waals surface area (Å²) in [5.74, 6) is -0.820. The first-order valence-electron chi connectivity index (χ1n) is 21.5. The Morgan fingerprint density at radius 2 is 1.67 bits per heavy atom. The Labute approximate surface area is 340 Å². The van der Waals surface area contributed by atoms with Crippen LogP contribution < -0.4 is 10.6 Å². The number of carbonyl (C=O) groups excluding carboxylic acids is 3. The van der Waals surface area contributed by atoms with Gasteiger partial charge in [0.2, 0.25) is 17.5 Å². The Balaban J connectivity index is 0.917. The molecular formula is C44H60ClN3O9. The van der Waals surface area contributed by atoms with Crippen molar-refractivity contribution in [3.05, 3.63) is 35.5 Å². The summed E-state index contributed by atoms with van der Waals surface area (Å²) in [7, 11) is 0.